The molecule has 0 rings (SSSR count). The van der Waals surface area contributed by atoms with Crippen molar-refractivity contribution in [2.45, 2.75) is 0 Å². The van der Waals surface area contributed by atoms with Crippen molar-refractivity contribution in [3.8, 4) is 0 Å². The molecule has 0 radical (unpaired) electrons. The van der Waals surface area contributed by atoms with Gasteiger partial charge in [-0.25, -0.2) is 0 Å². The van der Waals surface area contributed by atoms with Gasteiger partial charge in [-0.3, -0.25) is 0 Å². The second-order valence-corrected chi connectivity index (χ2v) is 2.74. The van der Waals surface area contributed by atoms with Crippen LogP contribution in [-0.4, -0.2) is 54.4 Å². The summed E-state index contributed by atoms with van der Waals surface area (Å²) in [6, 6.07) is 0. The van der Waals surface area contributed by atoms with Gasteiger partial charge in [0.25, 0.3) is 0 Å². The normalized spacial score (nSPS) is 10.3. The van der Waals surface area contributed by atoms with Gasteiger partial charge in [0.15, 0.2) is 0 Å². The van der Waals surface area contributed by atoms with Gasteiger partial charge in [0.2, 0.25) is 0 Å². The van der Waals surface area contributed by atoms with Crippen LogP contribution in [0, 0.1) is 0 Å². The van der Waals surface area contributed by atoms with Crippen molar-refractivity contribution in [1.29, 1.82) is 0 Å². The van der Waals surface area contributed by atoms with Crippen LogP contribution in [0.3, 0.4) is 0 Å². The molecule has 0 aromatic rings. The Kier molecular flexibility index (Phi) is 8.18. The van der Waals surface area contributed by atoms with E-state index in [2.05, 4.69) is 21.1 Å². The van der Waals surface area contributed by atoms with Crippen LogP contribution in [0.25, 0.3) is 0 Å². The lowest BCUT2D eigenvalue weighted by atomic mass is 10.5. The molecule has 0 bridgehead atoms. The lowest BCUT2D eigenvalue weighted by Crippen LogP contribution is -2.36. The van der Waals surface area contributed by atoms with Crippen molar-refractivity contribution >= 4 is 10.5 Å². The van der Waals surface area contributed by atoms with Gasteiger partial charge in [-0.05, 0) is 0 Å². The Balaban J connectivity index is 0. The summed E-state index contributed by atoms with van der Waals surface area (Å²) in [6.07, 6.45) is 0. The van der Waals surface area contributed by atoms with Gasteiger partial charge < -0.3 is 14.4 Å². The Morgan fingerprint density at radius 1 is 1.33 bits per heavy atom. The van der Waals surface area contributed by atoms with Crippen LogP contribution in [0.15, 0.2) is 0 Å². The van der Waals surface area contributed by atoms with Crippen LogP contribution >= 0.6 is 0 Å². The third-order valence-electron chi connectivity index (χ3n) is 0.771. The zero-order chi connectivity index (χ0) is 7.91. The second-order valence-electron chi connectivity index (χ2n) is 2.74. The van der Waals surface area contributed by atoms with E-state index in [-0.39, 0.29) is 17.1 Å². The van der Waals surface area contributed by atoms with Crippen molar-refractivity contribution < 1.29 is 14.4 Å². The van der Waals surface area contributed by atoms with Crippen LogP contribution in [0.5, 0.6) is 0 Å². The van der Waals surface area contributed by atoms with Crippen molar-refractivity contribution in [3.05, 3.63) is 0 Å². The number of aliphatic hydroxyl groups excluding tert-OH is 1. The number of hydrogen-bond donors (Lipinski definition) is 1. The Labute approximate surface area is 60.1 Å². The van der Waals surface area contributed by atoms with Gasteiger partial charge in [-0.15, -0.1) is 0 Å². The van der Waals surface area contributed by atoms with Crippen molar-refractivity contribution in [2.24, 2.45) is 0 Å². The molecule has 1 N–H and O–H groups in total. The first kappa shape index (κ1) is 11.8. The van der Waals surface area contributed by atoms with E-state index in [4.69, 9.17) is 9.90 Å². The number of likely N-dealkylation sites (N-methyl/N-ethyl adjacent to an activating group) is 1. The highest BCUT2D eigenvalue weighted by Crippen LogP contribution is 1.84. The summed E-state index contributed by atoms with van der Waals surface area (Å²) in [5.41, 5.74) is 0. The largest absolute Gasteiger partial charge is 0.865 e. The Hall–Kier alpha value is 0.0969. The summed E-state index contributed by atoms with van der Waals surface area (Å²) >= 11 is 0. The molecule has 4 heteroatoms. The average Bonchev–Trinajstić information content (AvgIpc) is 1.69. The van der Waals surface area contributed by atoms with E-state index in [0.717, 1.165) is 11.0 Å². The van der Waals surface area contributed by atoms with Crippen LogP contribution in [-0.2, 0) is 0 Å². The van der Waals surface area contributed by atoms with Gasteiger partial charge in [0.1, 0.15) is 6.54 Å². The first-order valence-electron chi connectivity index (χ1n) is 2.88. The molecular weight excluding hydrogens is 134 g/mol. The summed E-state index contributed by atoms with van der Waals surface area (Å²) in [5.74, 6) is 0. The topological polar surface area (TPSA) is 43.3 Å². The number of hydrogen-bond acceptors (Lipinski definition) is 2. The molecule has 0 aliphatic carbocycles. The molecule has 0 amide bonds. The van der Waals surface area contributed by atoms with Crippen LogP contribution in [0.2, 0.25) is 0 Å². The maximum atomic E-state index is 8.39. The average molecular weight is 151 g/mol. The van der Waals surface area contributed by atoms with Crippen LogP contribution in [0.4, 0.5) is 0 Å². The summed E-state index contributed by atoms with van der Waals surface area (Å²) in [6.45, 7) is 1.11. The molecule has 0 unspecified atom stereocenters. The van der Waals surface area contributed by atoms with Crippen molar-refractivity contribution in [1.82, 2.24) is 0 Å². The molecular formula is C5H17NO2Si. The lowest BCUT2D eigenvalue weighted by molar-refractivity contribution is -0.870. The zero-order valence-corrected chi connectivity index (χ0v) is 8.72. The van der Waals surface area contributed by atoms with Crippen molar-refractivity contribution in [2.75, 3.05) is 34.3 Å². The van der Waals surface area contributed by atoms with Gasteiger partial charge in [-0.2, -0.15) is 0 Å². The molecule has 0 atom stereocenters. The third-order valence-corrected chi connectivity index (χ3v) is 0.771. The summed E-state index contributed by atoms with van der Waals surface area (Å²) < 4.78 is 0.844. The smallest absolute Gasteiger partial charge is 0.101 e. The predicted molar refractivity (Wildman–Crippen MR) is 39.9 cm³/mol. The van der Waals surface area contributed by atoms with Gasteiger partial charge in [0, 0.05) is 0 Å². The van der Waals surface area contributed by atoms with Gasteiger partial charge in [-0.1, -0.05) is 10.5 Å². The quantitative estimate of drug-likeness (QED) is 0.345. The monoisotopic (exact) mass is 151 g/mol. The Morgan fingerprint density at radius 3 is 1.67 bits per heavy atom. The van der Waals surface area contributed by atoms with E-state index in [1.807, 2.05) is 0 Å². The van der Waals surface area contributed by atoms with E-state index >= 15 is 0 Å². The summed E-state index contributed by atoms with van der Waals surface area (Å²) in [7, 11) is 6.21. The van der Waals surface area contributed by atoms with E-state index in [0.29, 0.717) is 0 Å². The van der Waals surface area contributed by atoms with Gasteiger partial charge >= 0.3 is 0 Å². The molecule has 0 aliphatic heterocycles. The minimum absolute atomic E-state index is 0.0556. The molecule has 0 saturated heterocycles. The molecule has 0 saturated carbocycles. The van der Waals surface area contributed by atoms with E-state index < -0.39 is 0 Å². The fourth-order valence-electron chi connectivity index (χ4n) is 0.300. The number of nitrogens with zero attached hydrogens (tertiary/aromatic N) is 1. The molecule has 9 heavy (non-hydrogen) atoms. The lowest BCUT2D eigenvalue weighted by Gasteiger charge is -2.21. The van der Waals surface area contributed by atoms with E-state index in [1.54, 1.807) is 0 Å². The fourth-order valence-corrected chi connectivity index (χ4v) is 0.300. The molecule has 0 spiro atoms. The number of rotatable bonds is 2. The predicted octanol–water partition coefficient (Wildman–Crippen LogP) is -2.69. The van der Waals surface area contributed by atoms with E-state index in [9.17, 15) is 0 Å². The highest BCUT2D eigenvalue weighted by molar-refractivity contribution is 5.92. The van der Waals surface area contributed by atoms with E-state index in [1.165, 1.54) is 0 Å². The molecule has 3 nitrogen and oxygen atoms in total. The van der Waals surface area contributed by atoms with Crippen LogP contribution < -0.4 is 4.80 Å². The Bertz CT molecular complexity index is 53.4. The zero-order valence-electron chi connectivity index (χ0n) is 6.72. The first-order chi connectivity index (χ1) is 4.06. The standard InChI is InChI=1S/C5H14NO.H3OSi/c1-6(2,3)4-5-7;1-2/h7H,4-5H2,1-3H3;2H3/q+1;-1. The maximum Gasteiger partial charge on any atom is 0.101 e. The summed E-state index contributed by atoms with van der Waals surface area (Å²) in [5, 5.41) is 8.39. The highest BCUT2D eigenvalue weighted by atomic mass is 28.2. The van der Waals surface area contributed by atoms with Crippen LogP contribution in [0.1, 0.15) is 0 Å². The first-order valence-corrected chi connectivity index (χ1v) is 3.70. The SMILES string of the molecule is C[N+](C)(C)CCO.[O-][SiH3]. The minimum Gasteiger partial charge on any atom is -0.865 e. The molecule has 0 aromatic carbocycles. The molecule has 0 aliphatic rings. The summed E-state index contributed by atoms with van der Waals surface area (Å²) in [4.78, 5) is 8.39. The molecule has 0 aromatic heterocycles. The van der Waals surface area contributed by atoms with Gasteiger partial charge in [0.05, 0.1) is 27.7 Å². The second kappa shape index (κ2) is 6.22. The Morgan fingerprint density at radius 2 is 1.67 bits per heavy atom. The third kappa shape index (κ3) is 17.9. The number of aliphatic hydroxyl groups is 1. The maximum absolute atomic E-state index is 8.39. The number of quaternary nitrogens is 1. The molecule has 0 heterocycles. The molecule has 0 fully saturated rings. The molecule has 58 valence electrons. The fraction of sp³-hybridized carbons (Fsp3) is 1.00. The highest BCUT2D eigenvalue weighted by Gasteiger charge is 2.02. The minimum atomic E-state index is 0.0556. The van der Waals surface area contributed by atoms with Crippen molar-refractivity contribution in [3.63, 3.8) is 0 Å².